The van der Waals surface area contributed by atoms with E-state index < -0.39 is 0 Å². The molecule has 1 atom stereocenters. The third kappa shape index (κ3) is 4.55. The van der Waals surface area contributed by atoms with Crippen LogP contribution >= 0.6 is 27.5 Å². The summed E-state index contributed by atoms with van der Waals surface area (Å²) in [7, 11) is 0. The van der Waals surface area contributed by atoms with Crippen molar-refractivity contribution >= 4 is 45.6 Å². The van der Waals surface area contributed by atoms with E-state index >= 15 is 0 Å². The van der Waals surface area contributed by atoms with Gasteiger partial charge in [0, 0.05) is 35.8 Å². The first-order valence-electron chi connectivity index (χ1n) is 11.2. The molecule has 2 aliphatic rings. The highest BCUT2D eigenvalue weighted by Crippen LogP contribution is 2.42. The molecule has 34 heavy (non-hydrogen) atoms. The van der Waals surface area contributed by atoms with Crippen LogP contribution in [-0.4, -0.2) is 23.9 Å². The Morgan fingerprint density at radius 2 is 1.76 bits per heavy atom. The number of halogens is 2. The van der Waals surface area contributed by atoms with Gasteiger partial charge in [0.05, 0.1) is 16.8 Å². The van der Waals surface area contributed by atoms with Gasteiger partial charge >= 0.3 is 0 Å². The Balaban J connectivity index is 1.40. The maximum atomic E-state index is 13.1. The zero-order valence-corrected chi connectivity index (χ0v) is 20.7. The van der Waals surface area contributed by atoms with E-state index in [0.717, 1.165) is 50.0 Å². The standard InChI is InChI=1S/C26H23BrClN3O3/c27-21-14-20-2-1-19-15-22(28)3-4-23(19)25(26(20)31(34)16-21)18-7-9-29(10-8-18)24(32)13-17-5-11-30(33)12-6-17/h1-6,11-12,14-16,18,25H,7-10,13H2. The van der Waals surface area contributed by atoms with Crippen LogP contribution in [0.4, 0.5) is 0 Å². The van der Waals surface area contributed by atoms with Crippen molar-refractivity contribution in [2.45, 2.75) is 25.2 Å². The average Bonchev–Trinajstić information content (AvgIpc) is 2.97. The summed E-state index contributed by atoms with van der Waals surface area (Å²) in [4.78, 5) is 14.8. The molecule has 1 aliphatic carbocycles. The highest BCUT2D eigenvalue weighted by molar-refractivity contribution is 9.10. The maximum absolute atomic E-state index is 13.1. The molecule has 8 heteroatoms. The molecule has 174 valence electrons. The van der Waals surface area contributed by atoms with Gasteiger partial charge in [0.1, 0.15) is 0 Å². The summed E-state index contributed by atoms with van der Waals surface area (Å²) in [5.74, 6) is 0.168. The monoisotopic (exact) mass is 539 g/mol. The molecule has 0 spiro atoms. The van der Waals surface area contributed by atoms with Crippen LogP contribution < -0.4 is 9.46 Å². The first-order valence-corrected chi connectivity index (χ1v) is 12.4. The first kappa shape index (κ1) is 22.9. The minimum Gasteiger partial charge on any atom is -0.619 e. The number of amides is 1. The molecule has 1 fully saturated rings. The fraction of sp³-hybridized carbons (Fsp3) is 0.269. The van der Waals surface area contributed by atoms with Crippen LogP contribution in [0, 0.1) is 16.3 Å². The Morgan fingerprint density at radius 3 is 2.50 bits per heavy atom. The normalized spacial score (nSPS) is 17.7. The Morgan fingerprint density at radius 1 is 1.06 bits per heavy atom. The molecule has 0 N–H and O–H groups in total. The van der Waals surface area contributed by atoms with Crippen LogP contribution in [0.2, 0.25) is 5.02 Å². The Hall–Kier alpha value is -2.90. The van der Waals surface area contributed by atoms with E-state index in [9.17, 15) is 15.2 Å². The second-order valence-electron chi connectivity index (χ2n) is 8.87. The Labute approximate surface area is 211 Å². The molecule has 3 aromatic rings. The quantitative estimate of drug-likeness (QED) is 0.364. The van der Waals surface area contributed by atoms with Gasteiger partial charge in [-0.2, -0.15) is 9.46 Å². The van der Waals surface area contributed by atoms with Crippen molar-refractivity contribution in [3.05, 3.63) is 103 Å². The Kier molecular flexibility index (Phi) is 6.32. The number of aromatic nitrogens is 2. The molecule has 3 heterocycles. The number of fused-ring (bicyclic) bond motifs is 2. The SMILES string of the molecule is O=C(Cc1cc[n+]([O-])cc1)N1CCC(C2c3ccc(Cl)cc3C=Cc3cc(Br)c[n+]([O-])c32)CC1. The molecule has 1 unspecified atom stereocenters. The predicted molar refractivity (Wildman–Crippen MR) is 134 cm³/mol. The zero-order valence-electron chi connectivity index (χ0n) is 18.4. The van der Waals surface area contributed by atoms with Gasteiger partial charge in [0.2, 0.25) is 11.6 Å². The van der Waals surface area contributed by atoms with Gasteiger partial charge in [-0.15, -0.1) is 0 Å². The van der Waals surface area contributed by atoms with E-state index in [-0.39, 0.29) is 24.2 Å². The van der Waals surface area contributed by atoms with Gasteiger partial charge in [-0.05, 0) is 75.7 Å². The lowest BCUT2D eigenvalue weighted by Gasteiger charge is -2.36. The summed E-state index contributed by atoms with van der Waals surface area (Å²) < 4.78 is 2.43. The third-order valence-corrected chi connectivity index (χ3v) is 7.45. The van der Waals surface area contributed by atoms with Gasteiger partial charge in [0.15, 0.2) is 18.6 Å². The molecular formula is C26H23BrClN3O3. The van der Waals surface area contributed by atoms with Crippen molar-refractivity contribution in [3.63, 3.8) is 0 Å². The van der Waals surface area contributed by atoms with Crippen LogP contribution in [0.3, 0.4) is 0 Å². The van der Waals surface area contributed by atoms with E-state index in [4.69, 9.17) is 11.6 Å². The Bertz CT molecular complexity index is 1270. The number of carbonyl (C=O) groups is 1. The average molecular weight is 541 g/mol. The van der Waals surface area contributed by atoms with Crippen LogP contribution in [0.1, 0.15) is 46.7 Å². The smallest absolute Gasteiger partial charge is 0.226 e. The topological polar surface area (TPSA) is 74.2 Å². The molecular weight excluding hydrogens is 518 g/mol. The van der Waals surface area contributed by atoms with E-state index in [1.54, 1.807) is 18.3 Å². The van der Waals surface area contributed by atoms with Crippen molar-refractivity contribution in [1.82, 2.24) is 4.90 Å². The van der Waals surface area contributed by atoms with E-state index in [2.05, 4.69) is 15.9 Å². The summed E-state index contributed by atoms with van der Waals surface area (Å²) in [6.07, 6.45) is 10.2. The van der Waals surface area contributed by atoms with Crippen molar-refractivity contribution in [3.8, 4) is 0 Å². The summed E-state index contributed by atoms with van der Waals surface area (Å²) in [6.45, 7) is 1.27. The molecule has 0 radical (unpaired) electrons. The largest absolute Gasteiger partial charge is 0.619 e. The molecule has 1 aliphatic heterocycles. The fourth-order valence-corrected chi connectivity index (χ4v) is 5.74. The van der Waals surface area contributed by atoms with E-state index in [1.807, 2.05) is 41.3 Å². The van der Waals surface area contributed by atoms with Crippen molar-refractivity contribution < 1.29 is 14.3 Å². The van der Waals surface area contributed by atoms with Gasteiger partial charge in [0.25, 0.3) is 0 Å². The van der Waals surface area contributed by atoms with Gasteiger partial charge in [-0.3, -0.25) is 4.79 Å². The number of nitrogens with zero attached hydrogens (tertiary/aromatic N) is 3. The lowest BCUT2D eigenvalue weighted by Crippen LogP contribution is -2.43. The highest BCUT2D eigenvalue weighted by atomic mass is 79.9. The number of carbonyl (C=O) groups excluding carboxylic acids is 1. The molecule has 1 aromatic carbocycles. The molecule has 1 saturated heterocycles. The fourth-order valence-electron chi connectivity index (χ4n) is 5.13. The second-order valence-corrected chi connectivity index (χ2v) is 10.2. The number of likely N-dealkylation sites (tertiary alicyclic amines) is 1. The molecule has 0 saturated carbocycles. The van der Waals surface area contributed by atoms with Crippen LogP contribution in [0.5, 0.6) is 0 Å². The lowest BCUT2D eigenvalue weighted by atomic mass is 9.76. The summed E-state index contributed by atoms with van der Waals surface area (Å²) in [5.41, 5.74) is 4.56. The minimum absolute atomic E-state index is 0.0556. The molecule has 0 bridgehead atoms. The highest BCUT2D eigenvalue weighted by Gasteiger charge is 2.38. The zero-order chi connectivity index (χ0) is 23.8. The molecule has 2 aromatic heterocycles. The number of hydrogen-bond acceptors (Lipinski definition) is 3. The van der Waals surface area contributed by atoms with Crippen molar-refractivity contribution in [1.29, 1.82) is 0 Å². The second kappa shape index (κ2) is 9.39. The third-order valence-electron chi connectivity index (χ3n) is 6.78. The number of rotatable bonds is 3. The van der Waals surface area contributed by atoms with Crippen molar-refractivity contribution in [2.75, 3.05) is 13.1 Å². The molecule has 1 amide bonds. The van der Waals surface area contributed by atoms with Crippen LogP contribution in [-0.2, 0) is 11.2 Å². The van der Waals surface area contributed by atoms with Gasteiger partial charge < -0.3 is 15.3 Å². The minimum atomic E-state index is -0.0956. The predicted octanol–water partition coefficient (Wildman–Crippen LogP) is 4.47. The van der Waals surface area contributed by atoms with Crippen LogP contribution in [0.15, 0.2) is 59.5 Å². The first-order chi connectivity index (χ1) is 16.4. The number of hydrogen-bond donors (Lipinski definition) is 0. The number of pyridine rings is 2. The van der Waals surface area contributed by atoms with E-state index in [1.165, 1.54) is 12.4 Å². The molecule has 5 rings (SSSR count). The number of benzene rings is 1. The van der Waals surface area contributed by atoms with E-state index in [0.29, 0.717) is 22.8 Å². The van der Waals surface area contributed by atoms with Gasteiger partial charge in [-0.1, -0.05) is 23.7 Å². The van der Waals surface area contributed by atoms with Gasteiger partial charge in [-0.25, -0.2) is 0 Å². The lowest BCUT2D eigenvalue weighted by molar-refractivity contribution is -0.616. The summed E-state index contributed by atoms with van der Waals surface area (Å²) in [6, 6.07) is 11.2. The maximum Gasteiger partial charge on any atom is 0.226 e. The summed E-state index contributed by atoms with van der Waals surface area (Å²) in [5, 5.41) is 25.0. The van der Waals surface area contributed by atoms with Crippen molar-refractivity contribution in [2.24, 2.45) is 5.92 Å². The molecule has 6 nitrogen and oxygen atoms in total. The summed E-state index contributed by atoms with van der Waals surface area (Å²) >= 11 is 9.73. The van der Waals surface area contributed by atoms with Crippen LogP contribution in [0.25, 0.3) is 12.2 Å². The number of piperidine rings is 1.